The number of hydrogen-bond donors (Lipinski definition) is 0. The first kappa shape index (κ1) is 10.3. The van der Waals surface area contributed by atoms with E-state index >= 15 is 0 Å². The number of nitrogens with zero attached hydrogens (tertiary/aromatic N) is 1. The van der Waals surface area contributed by atoms with Gasteiger partial charge in [-0.15, -0.1) is 0 Å². The molecule has 0 bridgehead atoms. The molecule has 0 unspecified atom stereocenters. The Labute approximate surface area is 110 Å². The van der Waals surface area contributed by atoms with Crippen LogP contribution in [-0.2, 0) is 0 Å². The summed E-state index contributed by atoms with van der Waals surface area (Å²) in [5.41, 5.74) is 1.99. The maximum absolute atomic E-state index is 4.90. The molecule has 4 aromatic rings. The molecule has 19 heavy (non-hydrogen) atoms. The van der Waals surface area contributed by atoms with Crippen LogP contribution in [0.15, 0.2) is 65.4 Å². The molecule has 0 fully saturated rings. The molecule has 0 amide bonds. The van der Waals surface area contributed by atoms with Gasteiger partial charge in [0.15, 0.2) is 0 Å². The van der Waals surface area contributed by atoms with Gasteiger partial charge in [0.25, 0.3) is 0 Å². The molecule has 4 rings (SSSR count). The summed E-state index contributed by atoms with van der Waals surface area (Å²) in [6.45, 7) is 0. The molecule has 0 aliphatic carbocycles. The van der Waals surface area contributed by atoms with E-state index in [1.807, 2.05) is 6.07 Å². The largest absolute Gasteiger partial charge is 0.363 e. The maximum Gasteiger partial charge on any atom is 0.144 e. The van der Waals surface area contributed by atoms with Crippen LogP contribution in [0.4, 0.5) is 0 Å². The monoisotopic (exact) mass is 244 g/mol. The van der Waals surface area contributed by atoms with Gasteiger partial charge in [-0.3, -0.25) is 0 Å². The van der Waals surface area contributed by atoms with Crippen LogP contribution < -0.4 is 0 Å². The number of hydrogen-bond acceptors (Lipinski definition) is 2. The Morgan fingerprint density at radius 1 is 0.842 bits per heavy atom. The van der Waals surface area contributed by atoms with Crippen LogP contribution in [0, 0.1) is 6.20 Å². The fourth-order valence-corrected chi connectivity index (χ4v) is 2.51. The summed E-state index contributed by atoms with van der Waals surface area (Å²) < 4.78 is 4.90. The first-order valence-corrected chi connectivity index (χ1v) is 6.16. The van der Waals surface area contributed by atoms with Gasteiger partial charge in [0, 0.05) is 0 Å². The molecule has 0 saturated carbocycles. The summed E-state index contributed by atoms with van der Waals surface area (Å²) in [6.07, 6.45) is 4.51. The third kappa shape index (κ3) is 1.61. The molecule has 1 radical (unpaired) electrons. The Morgan fingerprint density at radius 3 is 2.42 bits per heavy atom. The van der Waals surface area contributed by atoms with Gasteiger partial charge in [-0.2, -0.15) is 0 Å². The van der Waals surface area contributed by atoms with Crippen LogP contribution in [0.5, 0.6) is 0 Å². The van der Waals surface area contributed by atoms with Gasteiger partial charge in [0.2, 0.25) is 0 Å². The summed E-state index contributed by atoms with van der Waals surface area (Å²) in [5.74, 6) is 0. The first-order chi connectivity index (χ1) is 9.42. The molecule has 0 atom stereocenters. The lowest BCUT2D eigenvalue weighted by molar-refractivity contribution is 0.418. The lowest BCUT2D eigenvalue weighted by Crippen LogP contribution is -1.81. The average Bonchev–Trinajstić information content (AvgIpc) is 2.98. The smallest absolute Gasteiger partial charge is 0.144 e. The van der Waals surface area contributed by atoms with Crippen LogP contribution in [0.25, 0.3) is 32.7 Å². The summed E-state index contributed by atoms with van der Waals surface area (Å²) in [6, 6.07) is 19.0. The van der Waals surface area contributed by atoms with E-state index in [1.54, 1.807) is 6.26 Å². The lowest BCUT2D eigenvalue weighted by atomic mass is 9.97. The summed E-state index contributed by atoms with van der Waals surface area (Å²) >= 11 is 0. The third-order valence-electron chi connectivity index (χ3n) is 3.43. The van der Waals surface area contributed by atoms with Crippen molar-refractivity contribution in [3.8, 4) is 11.1 Å². The van der Waals surface area contributed by atoms with Gasteiger partial charge in [0.05, 0.1) is 5.56 Å². The third-order valence-corrected chi connectivity index (χ3v) is 3.43. The van der Waals surface area contributed by atoms with Crippen molar-refractivity contribution in [1.82, 2.24) is 5.16 Å². The lowest BCUT2D eigenvalue weighted by Gasteiger charge is -2.06. The second-order valence-corrected chi connectivity index (χ2v) is 4.57. The molecule has 1 aromatic heterocycles. The normalized spacial score (nSPS) is 11.2. The van der Waals surface area contributed by atoms with E-state index in [4.69, 9.17) is 4.52 Å². The molecular formula is C17H10NO. The second kappa shape index (κ2) is 3.95. The Kier molecular flexibility index (Phi) is 2.15. The van der Waals surface area contributed by atoms with Crippen LogP contribution in [0.3, 0.4) is 0 Å². The van der Waals surface area contributed by atoms with Crippen molar-refractivity contribution in [3.05, 3.63) is 67.1 Å². The van der Waals surface area contributed by atoms with Crippen molar-refractivity contribution in [2.45, 2.75) is 0 Å². The average molecular weight is 244 g/mol. The van der Waals surface area contributed by atoms with E-state index < -0.39 is 0 Å². The minimum atomic E-state index is 0.890. The molecular weight excluding hydrogens is 234 g/mol. The number of benzene rings is 3. The van der Waals surface area contributed by atoms with E-state index in [0.717, 1.165) is 11.1 Å². The van der Waals surface area contributed by atoms with Gasteiger partial charge in [-0.05, 0) is 39.2 Å². The SMILES string of the molecule is [c]1nocc1-c1cccc2cc3ccccc3cc12. The number of rotatable bonds is 1. The predicted molar refractivity (Wildman–Crippen MR) is 75.8 cm³/mol. The highest BCUT2D eigenvalue weighted by molar-refractivity contribution is 6.04. The summed E-state index contributed by atoms with van der Waals surface area (Å²) in [5, 5.41) is 8.56. The van der Waals surface area contributed by atoms with Gasteiger partial charge >= 0.3 is 0 Å². The molecule has 3 aromatic carbocycles. The van der Waals surface area contributed by atoms with E-state index in [1.165, 1.54) is 21.5 Å². The molecule has 0 spiro atoms. The Bertz CT molecular complexity index is 863. The zero-order chi connectivity index (χ0) is 12.7. The van der Waals surface area contributed by atoms with Crippen molar-refractivity contribution in [2.75, 3.05) is 0 Å². The van der Waals surface area contributed by atoms with Crippen molar-refractivity contribution in [2.24, 2.45) is 0 Å². The van der Waals surface area contributed by atoms with Crippen molar-refractivity contribution in [3.63, 3.8) is 0 Å². The Hall–Kier alpha value is -2.61. The summed E-state index contributed by atoms with van der Waals surface area (Å²) in [7, 11) is 0. The molecule has 1 heterocycles. The van der Waals surface area contributed by atoms with E-state index in [9.17, 15) is 0 Å². The maximum atomic E-state index is 4.90. The highest BCUT2D eigenvalue weighted by Gasteiger charge is 2.07. The Balaban J connectivity index is 2.12. The molecule has 0 N–H and O–H groups in total. The molecule has 89 valence electrons. The van der Waals surface area contributed by atoms with Gasteiger partial charge < -0.3 is 4.52 Å². The number of fused-ring (bicyclic) bond motifs is 2. The van der Waals surface area contributed by atoms with Gasteiger partial charge in [-0.1, -0.05) is 47.6 Å². The van der Waals surface area contributed by atoms with Crippen LogP contribution in [0.2, 0.25) is 0 Å². The fourth-order valence-electron chi connectivity index (χ4n) is 2.51. The Morgan fingerprint density at radius 2 is 1.63 bits per heavy atom. The predicted octanol–water partition coefficient (Wildman–Crippen LogP) is 4.45. The fraction of sp³-hybridized carbons (Fsp3) is 0. The highest BCUT2D eigenvalue weighted by Crippen LogP contribution is 2.31. The zero-order valence-electron chi connectivity index (χ0n) is 10.1. The number of aromatic nitrogens is 1. The standard InChI is InChI=1S/C17H10NO/c1-2-5-13-9-17-14(8-12(13)4-1)6-3-7-16(17)15-10-18-19-11-15/h1-9,11H. The minimum absolute atomic E-state index is 0.890. The molecule has 2 nitrogen and oxygen atoms in total. The van der Waals surface area contributed by atoms with Crippen molar-refractivity contribution in [1.29, 1.82) is 0 Å². The quantitative estimate of drug-likeness (QED) is 0.462. The van der Waals surface area contributed by atoms with Crippen LogP contribution in [0.1, 0.15) is 0 Å². The topological polar surface area (TPSA) is 26.0 Å². The van der Waals surface area contributed by atoms with E-state index in [-0.39, 0.29) is 0 Å². The van der Waals surface area contributed by atoms with Crippen molar-refractivity contribution >= 4 is 21.5 Å². The molecule has 0 aliphatic heterocycles. The second-order valence-electron chi connectivity index (χ2n) is 4.57. The van der Waals surface area contributed by atoms with Crippen LogP contribution in [-0.4, -0.2) is 5.16 Å². The zero-order valence-corrected chi connectivity index (χ0v) is 10.1. The molecule has 0 saturated heterocycles. The summed E-state index contributed by atoms with van der Waals surface area (Å²) in [4.78, 5) is 0. The van der Waals surface area contributed by atoms with Gasteiger partial charge in [0.1, 0.15) is 12.5 Å². The van der Waals surface area contributed by atoms with E-state index in [0.29, 0.717) is 0 Å². The van der Waals surface area contributed by atoms with Gasteiger partial charge in [-0.25, -0.2) is 0 Å². The first-order valence-electron chi connectivity index (χ1n) is 6.16. The van der Waals surface area contributed by atoms with Crippen LogP contribution >= 0.6 is 0 Å². The highest BCUT2D eigenvalue weighted by atomic mass is 16.5. The molecule has 0 aliphatic rings. The van der Waals surface area contributed by atoms with Crippen molar-refractivity contribution < 1.29 is 4.52 Å². The minimum Gasteiger partial charge on any atom is -0.363 e. The van der Waals surface area contributed by atoms with E-state index in [2.05, 4.69) is 59.9 Å². The molecule has 2 heteroatoms.